The van der Waals surface area contributed by atoms with Crippen LogP contribution in [0.25, 0.3) is 5.69 Å². The topological polar surface area (TPSA) is 81.9 Å². The zero-order valence-electron chi connectivity index (χ0n) is 18.9. The van der Waals surface area contributed by atoms with E-state index in [4.69, 9.17) is 0 Å². The van der Waals surface area contributed by atoms with Gasteiger partial charge in [0.05, 0.1) is 12.6 Å². The Hall–Kier alpha value is -2.21. The Balaban J connectivity index is 0.00000289. The van der Waals surface area contributed by atoms with Gasteiger partial charge in [-0.25, -0.2) is 0 Å². The van der Waals surface area contributed by atoms with Gasteiger partial charge < -0.3 is 15.1 Å². The Bertz CT molecular complexity index is 888. The molecule has 1 unspecified atom stereocenters. The number of hydrogen-bond donors (Lipinski definition) is 1. The van der Waals surface area contributed by atoms with Crippen molar-refractivity contribution in [2.24, 2.45) is 4.99 Å². The van der Waals surface area contributed by atoms with Gasteiger partial charge >= 0.3 is 0 Å². The summed E-state index contributed by atoms with van der Waals surface area (Å²) in [4.78, 5) is 23.7. The molecule has 0 bridgehead atoms. The molecule has 1 aromatic carbocycles. The van der Waals surface area contributed by atoms with Crippen LogP contribution in [0.5, 0.6) is 0 Å². The van der Waals surface area contributed by atoms with Gasteiger partial charge in [0.25, 0.3) is 0 Å². The highest BCUT2D eigenvalue weighted by atomic mass is 127. The average Bonchev–Trinajstić information content (AvgIpc) is 3.52. The van der Waals surface area contributed by atoms with Gasteiger partial charge in [0.1, 0.15) is 6.33 Å². The SMILES string of the molecule is CN=C(NCc1nncn1-c1ccccc1)N1CCN(C(C)C(=O)N2CCCC2)CC1.I. The third-order valence-corrected chi connectivity index (χ3v) is 6.21. The summed E-state index contributed by atoms with van der Waals surface area (Å²) in [6.07, 6.45) is 3.99. The molecule has 2 aliphatic rings. The van der Waals surface area contributed by atoms with E-state index in [0.29, 0.717) is 6.54 Å². The van der Waals surface area contributed by atoms with Gasteiger partial charge in [-0.15, -0.1) is 34.2 Å². The number of nitrogens with one attached hydrogen (secondary N) is 1. The molecule has 174 valence electrons. The molecule has 0 radical (unpaired) electrons. The van der Waals surface area contributed by atoms with Crippen molar-refractivity contribution in [2.45, 2.75) is 32.4 Å². The first-order valence-corrected chi connectivity index (χ1v) is 11.1. The van der Waals surface area contributed by atoms with E-state index >= 15 is 0 Å². The number of piperazine rings is 1. The standard InChI is InChI=1S/C22H32N8O.HI/c1-18(21(31)28-10-6-7-11-28)27-12-14-29(15-13-27)22(23-2)24-16-20-26-25-17-30(20)19-8-4-3-5-9-19;/h3-5,8-9,17-18H,6-7,10-16H2,1-2H3,(H,23,24);1H. The van der Waals surface area contributed by atoms with E-state index in [9.17, 15) is 4.79 Å². The highest BCUT2D eigenvalue weighted by Gasteiger charge is 2.30. The van der Waals surface area contributed by atoms with Crippen LogP contribution >= 0.6 is 24.0 Å². The number of benzene rings is 1. The Labute approximate surface area is 206 Å². The maximum Gasteiger partial charge on any atom is 0.239 e. The van der Waals surface area contributed by atoms with Gasteiger partial charge in [-0.05, 0) is 31.9 Å². The number of hydrogen-bond acceptors (Lipinski definition) is 5. The molecule has 2 saturated heterocycles. The number of carbonyl (C=O) groups is 1. The van der Waals surface area contributed by atoms with Crippen LogP contribution in [0.4, 0.5) is 0 Å². The number of guanidine groups is 1. The van der Waals surface area contributed by atoms with Crippen LogP contribution in [0.3, 0.4) is 0 Å². The van der Waals surface area contributed by atoms with Gasteiger partial charge in [0.15, 0.2) is 11.8 Å². The van der Waals surface area contributed by atoms with Gasteiger partial charge in [-0.2, -0.15) is 0 Å². The molecular weight excluding hydrogens is 519 g/mol. The normalized spacial score (nSPS) is 18.4. The first kappa shape index (κ1) is 24.4. The van der Waals surface area contributed by atoms with Crippen molar-refractivity contribution < 1.29 is 4.79 Å². The second-order valence-electron chi connectivity index (χ2n) is 8.08. The lowest BCUT2D eigenvalue weighted by Gasteiger charge is -2.39. The summed E-state index contributed by atoms with van der Waals surface area (Å²) in [5.41, 5.74) is 1.03. The van der Waals surface area contributed by atoms with E-state index in [1.165, 1.54) is 0 Å². The Kier molecular flexibility index (Phi) is 8.85. The minimum absolute atomic E-state index is 0. The molecule has 9 nitrogen and oxygen atoms in total. The molecule has 1 amide bonds. The summed E-state index contributed by atoms with van der Waals surface area (Å²) >= 11 is 0. The fraction of sp³-hybridized carbons (Fsp3) is 0.545. The molecule has 2 fully saturated rings. The van der Waals surface area contributed by atoms with Crippen LogP contribution in [0.2, 0.25) is 0 Å². The molecule has 4 rings (SSSR count). The van der Waals surface area contributed by atoms with Gasteiger partial charge in [-0.1, -0.05) is 18.2 Å². The summed E-state index contributed by atoms with van der Waals surface area (Å²) < 4.78 is 1.98. The number of nitrogens with zero attached hydrogens (tertiary/aromatic N) is 7. The predicted octanol–water partition coefficient (Wildman–Crippen LogP) is 1.59. The summed E-state index contributed by atoms with van der Waals surface area (Å²) in [6.45, 7) is 7.76. The van der Waals surface area contributed by atoms with Crippen LogP contribution in [-0.4, -0.2) is 93.7 Å². The van der Waals surface area contributed by atoms with Crippen molar-refractivity contribution in [3.05, 3.63) is 42.5 Å². The minimum atomic E-state index is -0.0559. The number of amides is 1. The van der Waals surface area contributed by atoms with E-state index < -0.39 is 0 Å². The van der Waals surface area contributed by atoms with Crippen LogP contribution in [-0.2, 0) is 11.3 Å². The lowest BCUT2D eigenvalue weighted by Crippen LogP contribution is -2.57. The van der Waals surface area contributed by atoms with E-state index in [0.717, 1.165) is 69.6 Å². The smallest absolute Gasteiger partial charge is 0.239 e. The van der Waals surface area contributed by atoms with Gasteiger partial charge in [-0.3, -0.25) is 19.3 Å². The molecule has 2 aliphatic heterocycles. The van der Waals surface area contributed by atoms with Crippen molar-refractivity contribution in [1.82, 2.24) is 34.8 Å². The van der Waals surface area contributed by atoms with Crippen LogP contribution in [0.1, 0.15) is 25.6 Å². The van der Waals surface area contributed by atoms with E-state index in [-0.39, 0.29) is 35.9 Å². The number of likely N-dealkylation sites (tertiary alicyclic amines) is 1. The number of aliphatic imine (C=N–C) groups is 1. The molecule has 1 aromatic heterocycles. The fourth-order valence-electron chi connectivity index (χ4n) is 4.35. The molecule has 0 saturated carbocycles. The quantitative estimate of drug-likeness (QED) is 0.345. The number of aromatic nitrogens is 3. The monoisotopic (exact) mass is 552 g/mol. The Morgan fingerprint density at radius 1 is 1.06 bits per heavy atom. The number of carbonyl (C=O) groups excluding carboxylic acids is 1. The largest absolute Gasteiger partial charge is 0.349 e. The molecule has 10 heteroatoms. The van der Waals surface area contributed by atoms with Crippen molar-refractivity contribution in [2.75, 3.05) is 46.3 Å². The molecule has 1 N–H and O–H groups in total. The maximum atomic E-state index is 12.7. The second kappa shape index (κ2) is 11.6. The highest BCUT2D eigenvalue weighted by Crippen LogP contribution is 2.14. The van der Waals surface area contributed by atoms with Crippen molar-refractivity contribution in [1.29, 1.82) is 0 Å². The molecule has 0 spiro atoms. The third-order valence-electron chi connectivity index (χ3n) is 6.21. The lowest BCUT2D eigenvalue weighted by molar-refractivity contribution is -0.135. The molecule has 3 heterocycles. The molecule has 1 atom stereocenters. The van der Waals surface area contributed by atoms with E-state index in [1.807, 2.05) is 46.7 Å². The molecule has 2 aromatic rings. The van der Waals surface area contributed by atoms with Gasteiger partial charge in [0, 0.05) is 52.0 Å². The summed E-state index contributed by atoms with van der Waals surface area (Å²) in [5.74, 6) is 1.95. The predicted molar refractivity (Wildman–Crippen MR) is 135 cm³/mol. The maximum absolute atomic E-state index is 12.7. The summed E-state index contributed by atoms with van der Waals surface area (Å²) in [6, 6.07) is 10.0. The molecule has 0 aliphatic carbocycles. The zero-order chi connectivity index (χ0) is 21.6. The lowest BCUT2D eigenvalue weighted by atomic mass is 10.2. The first-order chi connectivity index (χ1) is 15.2. The van der Waals surface area contributed by atoms with Gasteiger partial charge in [0.2, 0.25) is 5.91 Å². The van der Waals surface area contributed by atoms with E-state index in [2.05, 4.69) is 30.3 Å². The Morgan fingerprint density at radius 3 is 2.41 bits per heavy atom. The second-order valence-corrected chi connectivity index (χ2v) is 8.08. The first-order valence-electron chi connectivity index (χ1n) is 11.1. The van der Waals surface area contributed by atoms with E-state index in [1.54, 1.807) is 13.4 Å². The molecule has 32 heavy (non-hydrogen) atoms. The zero-order valence-corrected chi connectivity index (χ0v) is 21.2. The minimum Gasteiger partial charge on any atom is -0.349 e. The third kappa shape index (κ3) is 5.58. The summed E-state index contributed by atoms with van der Waals surface area (Å²) in [7, 11) is 1.80. The number of para-hydroxylation sites is 1. The summed E-state index contributed by atoms with van der Waals surface area (Å²) in [5, 5.41) is 11.8. The highest BCUT2D eigenvalue weighted by molar-refractivity contribution is 14.0. The van der Waals surface area contributed by atoms with Crippen LogP contribution in [0.15, 0.2) is 41.7 Å². The van der Waals surface area contributed by atoms with Crippen molar-refractivity contribution in [3.63, 3.8) is 0 Å². The number of rotatable bonds is 5. The van der Waals surface area contributed by atoms with Crippen LogP contribution in [0, 0.1) is 0 Å². The van der Waals surface area contributed by atoms with Crippen LogP contribution < -0.4 is 5.32 Å². The van der Waals surface area contributed by atoms with Crippen molar-refractivity contribution in [3.8, 4) is 5.69 Å². The molecular formula is C22H33IN8O. The average molecular weight is 552 g/mol. The Morgan fingerprint density at radius 2 is 1.75 bits per heavy atom. The number of halogens is 1. The fourth-order valence-corrected chi connectivity index (χ4v) is 4.35. The van der Waals surface area contributed by atoms with Crippen molar-refractivity contribution >= 4 is 35.8 Å².